The molecule has 0 spiro atoms. The molecule has 0 saturated heterocycles. The zero-order valence-electron chi connectivity index (χ0n) is 9.40. The molecule has 1 rings (SSSR count). The number of nitrogens with one attached hydrogen (secondary N) is 1. The number of carbonyl (C=O) groups is 1. The molecule has 88 valence electrons. The van der Waals surface area contributed by atoms with Crippen LogP contribution in [-0.4, -0.2) is 16.9 Å². The molecule has 0 radical (unpaired) electrons. The summed E-state index contributed by atoms with van der Waals surface area (Å²) >= 11 is 6.50. The first-order chi connectivity index (χ1) is 7.50. The van der Waals surface area contributed by atoms with Gasteiger partial charge in [-0.25, -0.2) is 0 Å². The van der Waals surface area contributed by atoms with Crippen LogP contribution in [0.1, 0.15) is 18.7 Å². The SMILES string of the molecule is CC(C)C(NC(=O)Cc1cccs1)C(N)=S. The smallest absolute Gasteiger partial charge is 0.225 e. The van der Waals surface area contributed by atoms with E-state index in [4.69, 9.17) is 18.0 Å². The molecule has 3 N–H and O–H groups in total. The Kier molecular flexibility index (Phi) is 4.89. The molecule has 0 bridgehead atoms. The third-order valence-electron chi connectivity index (χ3n) is 2.20. The summed E-state index contributed by atoms with van der Waals surface area (Å²) in [6.07, 6.45) is 0.392. The van der Waals surface area contributed by atoms with Crippen molar-refractivity contribution in [2.45, 2.75) is 26.3 Å². The Labute approximate surface area is 105 Å². The highest BCUT2D eigenvalue weighted by Crippen LogP contribution is 2.09. The number of hydrogen-bond donors (Lipinski definition) is 2. The van der Waals surface area contributed by atoms with E-state index in [1.165, 1.54) is 0 Å². The maximum atomic E-state index is 11.7. The van der Waals surface area contributed by atoms with E-state index >= 15 is 0 Å². The van der Waals surface area contributed by atoms with Gasteiger partial charge in [-0.2, -0.15) is 0 Å². The van der Waals surface area contributed by atoms with Gasteiger partial charge in [-0.1, -0.05) is 32.1 Å². The summed E-state index contributed by atoms with van der Waals surface area (Å²) in [7, 11) is 0. The lowest BCUT2D eigenvalue weighted by molar-refractivity contribution is -0.120. The van der Waals surface area contributed by atoms with Gasteiger partial charge in [0.15, 0.2) is 0 Å². The highest BCUT2D eigenvalue weighted by molar-refractivity contribution is 7.80. The predicted octanol–water partition coefficient (Wildman–Crippen LogP) is 1.72. The molecule has 0 aliphatic heterocycles. The summed E-state index contributed by atoms with van der Waals surface area (Å²) in [5, 5.41) is 4.81. The van der Waals surface area contributed by atoms with Gasteiger partial charge in [-0.15, -0.1) is 11.3 Å². The predicted molar refractivity (Wildman–Crippen MR) is 71.6 cm³/mol. The number of thiocarbonyl (C=S) groups is 1. The second-order valence-electron chi connectivity index (χ2n) is 3.95. The van der Waals surface area contributed by atoms with Gasteiger partial charge in [-0.05, 0) is 17.4 Å². The standard InChI is InChI=1S/C11H16N2OS2/c1-7(2)10(11(12)15)13-9(14)6-8-4-3-5-16-8/h3-5,7,10H,6H2,1-2H3,(H2,12,15)(H,13,14). The second kappa shape index (κ2) is 5.96. The summed E-state index contributed by atoms with van der Waals surface area (Å²) < 4.78 is 0. The van der Waals surface area contributed by atoms with Crippen molar-refractivity contribution in [3.05, 3.63) is 22.4 Å². The molecule has 3 nitrogen and oxygen atoms in total. The van der Waals surface area contributed by atoms with Gasteiger partial charge in [0.1, 0.15) is 0 Å². The van der Waals surface area contributed by atoms with E-state index in [-0.39, 0.29) is 17.9 Å². The monoisotopic (exact) mass is 256 g/mol. The molecule has 1 aromatic heterocycles. The fourth-order valence-electron chi connectivity index (χ4n) is 1.36. The Morgan fingerprint density at radius 1 is 1.62 bits per heavy atom. The summed E-state index contributed by atoms with van der Waals surface area (Å²) in [5.41, 5.74) is 5.58. The molecule has 0 saturated carbocycles. The maximum absolute atomic E-state index is 11.7. The lowest BCUT2D eigenvalue weighted by Crippen LogP contribution is -2.47. The van der Waals surface area contributed by atoms with Crippen molar-refractivity contribution >= 4 is 34.5 Å². The average molecular weight is 256 g/mol. The highest BCUT2D eigenvalue weighted by Gasteiger charge is 2.18. The van der Waals surface area contributed by atoms with Crippen LogP contribution in [0.25, 0.3) is 0 Å². The lowest BCUT2D eigenvalue weighted by Gasteiger charge is -2.20. The van der Waals surface area contributed by atoms with Crippen molar-refractivity contribution in [1.82, 2.24) is 5.32 Å². The minimum atomic E-state index is -0.220. The molecule has 0 fully saturated rings. The van der Waals surface area contributed by atoms with E-state index in [1.807, 2.05) is 31.4 Å². The minimum absolute atomic E-state index is 0.0334. The van der Waals surface area contributed by atoms with Crippen molar-refractivity contribution in [2.24, 2.45) is 11.7 Å². The second-order valence-corrected chi connectivity index (χ2v) is 5.45. The molecule has 1 amide bonds. The van der Waals surface area contributed by atoms with Crippen molar-refractivity contribution in [2.75, 3.05) is 0 Å². The normalized spacial score (nSPS) is 12.4. The van der Waals surface area contributed by atoms with Crippen LogP contribution < -0.4 is 11.1 Å². The van der Waals surface area contributed by atoms with Crippen LogP contribution in [0.2, 0.25) is 0 Å². The molecule has 0 aromatic carbocycles. The van der Waals surface area contributed by atoms with E-state index < -0.39 is 0 Å². The van der Waals surface area contributed by atoms with Gasteiger partial charge in [0.2, 0.25) is 5.91 Å². The molecule has 1 aromatic rings. The van der Waals surface area contributed by atoms with Crippen LogP contribution in [0.4, 0.5) is 0 Å². The van der Waals surface area contributed by atoms with E-state index in [1.54, 1.807) is 11.3 Å². The van der Waals surface area contributed by atoms with E-state index in [0.717, 1.165) is 4.88 Å². The van der Waals surface area contributed by atoms with Crippen molar-refractivity contribution in [1.29, 1.82) is 0 Å². The van der Waals surface area contributed by atoms with Crippen LogP contribution >= 0.6 is 23.6 Å². The van der Waals surface area contributed by atoms with Crippen molar-refractivity contribution in [3.8, 4) is 0 Å². The van der Waals surface area contributed by atoms with Crippen molar-refractivity contribution < 1.29 is 4.79 Å². The Balaban J connectivity index is 2.52. The average Bonchev–Trinajstić information content (AvgIpc) is 2.65. The molecule has 1 atom stereocenters. The van der Waals surface area contributed by atoms with Crippen LogP contribution in [0.15, 0.2) is 17.5 Å². The van der Waals surface area contributed by atoms with Crippen LogP contribution in [0.5, 0.6) is 0 Å². The number of rotatable bonds is 5. The summed E-state index contributed by atoms with van der Waals surface area (Å²) in [6, 6.07) is 3.65. The summed E-state index contributed by atoms with van der Waals surface area (Å²) in [4.78, 5) is 13.1. The maximum Gasteiger partial charge on any atom is 0.225 e. The van der Waals surface area contributed by atoms with Gasteiger partial charge in [0, 0.05) is 4.88 Å². The van der Waals surface area contributed by atoms with Crippen LogP contribution in [0, 0.1) is 5.92 Å². The molecule has 0 aliphatic rings. The third kappa shape index (κ3) is 3.90. The Bertz CT molecular complexity index is 360. The minimum Gasteiger partial charge on any atom is -0.392 e. The highest BCUT2D eigenvalue weighted by atomic mass is 32.1. The van der Waals surface area contributed by atoms with E-state index in [0.29, 0.717) is 11.4 Å². The molecule has 0 aliphatic carbocycles. The molecule has 1 unspecified atom stereocenters. The molecule has 5 heteroatoms. The van der Waals surface area contributed by atoms with Gasteiger partial charge in [-0.3, -0.25) is 4.79 Å². The first-order valence-corrected chi connectivity index (χ1v) is 6.40. The Morgan fingerprint density at radius 2 is 2.31 bits per heavy atom. The zero-order chi connectivity index (χ0) is 12.1. The zero-order valence-corrected chi connectivity index (χ0v) is 11.0. The summed E-state index contributed by atoms with van der Waals surface area (Å²) in [6.45, 7) is 3.96. The van der Waals surface area contributed by atoms with Crippen molar-refractivity contribution in [3.63, 3.8) is 0 Å². The van der Waals surface area contributed by atoms with E-state index in [9.17, 15) is 4.79 Å². The van der Waals surface area contributed by atoms with Crippen LogP contribution in [-0.2, 0) is 11.2 Å². The molecule has 1 heterocycles. The molecular weight excluding hydrogens is 240 g/mol. The number of nitrogens with two attached hydrogens (primary N) is 1. The number of amides is 1. The first-order valence-electron chi connectivity index (χ1n) is 5.11. The largest absolute Gasteiger partial charge is 0.392 e. The number of hydrogen-bond acceptors (Lipinski definition) is 3. The number of thiophene rings is 1. The quantitative estimate of drug-likeness (QED) is 0.789. The van der Waals surface area contributed by atoms with Gasteiger partial charge < -0.3 is 11.1 Å². The van der Waals surface area contributed by atoms with Gasteiger partial charge in [0.25, 0.3) is 0 Å². The number of carbonyl (C=O) groups excluding carboxylic acids is 1. The summed E-state index contributed by atoms with van der Waals surface area (Å²) in [5.74, 6) is 0.179. The van der Waals surface area contributed by atoms with Gasteiger partial charge >= 0.3 is 0 Å². The lowest BCUT2D eigenvalue weighted by atomic mass is 10.0. The van der Waals surface area contributed by atoms with Gasteiger partial charge in [0.05, 0.1) is 17.5 Å². The fraction of sp³-hybridized carbons (Fsp3) is 0.455. The Hall–Kier alpha value is -0.940. The third-order valence-corrected chi connectivity index (χ3v) is 3.33. The van der Waals surface area contributed by atoms with Crippen LogP contribution in [0.3, 0.4) is 0 Å². The molecule has 16 heavy (non-hydrogen) atoms. The first kappa shape index (κ1) is 13.1. The fourth-order valence-corrected chi connectivity index (χ4v) is 2.40. The molecular formula is C11H16N2OS2. The van der Waals surface area contributed by atoms with E-state index in [2.05, 4.69) is 5.32 Å². The Morgan fingerprint density at radius 3 is 2.75 bits per heavy atom. The topological polar surface area (TPSA) is 55.1 Å².